The molecule has 1 heterocycles. The number of halogens is 1. The molecule has 0 bridgehead atoms. The zero-order chi connectivity index (χ0) is 13.1. The lowest BCUT2D eigenvalue weighted by Crippen LogP contribution is -2.37. The van der Waals surface area contributed by atoms with Gasteiger partial charge in [0.2, 0.25) is 0 Å². The van der Waals surface area contributed by atoms with E-state index < -0.39 is 0 Å². The molecule has 3 nitrogen and oxygen atoms in total. The molecule has 0 aromatic carbocycles. The molecule has 1 N–H and O–H groups in total. The highest BCUT2D eigenvalue weighted by Gasteiger charge is 2.25. The maximum atomic E-state index is 6.34. The van der Waals surface area contributed by atoms with E-state index >= 15 is 0 Å². The fraction of sp³-hybridized carbons (Fsp3) is 0.786. The fourth-order valence-corrected chi connectivity index (χ4v) is 3.39. The van der Waals surface area contributed by atoms with Gasteiger partial charge < -0.3 is 5.32 Å². The van der Waals surface area contributed by atoms with Crippen LogP contribution in [-0.4, -0.2) is 22.9 Å². The molecule has 2 rings (SSSR count). The number of nitrogens with zero attached hydrogens (tertiary/aromatic N) is 2. The summed E-state index contributed by atoms with van der Waals surface area (Å²) in [6.07, 6.45) is 7.83. The summed E-state index contributed by atoms with van der Waals surface area (Å²) in [6, 6.07) is 0.526. The molecule has 4 heteroatoms. The molecule has 0 radical (unpaired) electrons. The minimum Gasteiger partial charge on any atom is -0.316 e. The van der Waals surface area contributed by atoms with Crippen LogP contribution in [0.5, 0.6) is 0 Å². The molecule has 0 aliphatic heterocycles. The first kappa shape index (κ1) is 13.9. The quantitative estimate of drug-likeness (QED) is 0.910. The van der Waals surface area contributed by atoms with Crippen LogP contribution in [0.25, 0.3) is 0 Å². The SMILES string of the molecule is CNC(Cc1c(Cl)c(C)nn1C)C1CCCCC1. The third-order valence-electron chi connectivity index (χ3n) is 4.26. The van der Waals surface area contributed by atoms with E-state index in [1.54, 1.807) is 0 Å². The first-order valence-corrected chi connectivity index (χ1v) is 7.36. The topological polar surface area (TPSA) is 29.9 Å². The van der Waals surface area contributed by atoms with Crippen LogP contribution in [0.2, 0.25) is 5.02 Å². The van der Waals surface area contributed by atoms with E-state index in [1.807, 2.05) is 18.7 Å². The van der Waals surface area contributed by atoms with E-state index in [0.29, 0.717) is 6.04 Å². The molecule has 1 aromatic rings. The Balaban J connectivity index is 2.09. The second kappa shape index (κ2) is 6.07. The summed E-state index contributed by atoms with van der Waals surface area (Å²) >= 11 is 6.34. The van der Waals surface area contributed by atoms with Gasteiger partial charge in [-0.15, -0.1) is 0 Å². The molecular formula is C14H24ClN3. The van der Waals surface area contributed by atoms with Gasteiger partial charge >= 0.3 is 0 Å². The van der Waals surface area contributed by atoms with Gasteiger partial charge in [-0.05, 0) is 32.7 Å². The van der Waals surface area contributed by atoms with E-state index in [0.717, 1.165) is 23.1 Å². The molecule has 1 aliphatic rings. The molecule has 0 spiro atoms. The van der Waals surface area contributed by atoms with Crippen molar-refractivity contribution < 1.29 is 0 Å². The third-order valence-corrected chi connectivity index (χ3v) is 4.76. The smallest absolute Gasteiger partial charge is 0.0847 e. The van der Waals surface area contributed by atoms with Crippen molar-refractivity contribution in [2.45, 2.75) is 51.5 Å². The standard InChI is InChI=1S/C14H24ClN3/c1-10-14(15)13(18(3)17-10)9-12(16-2)11-7-5-4-6-8-11/h11-12,16H,4-9H2,1-3H3. The molecule has 1 unspecified atom stereocenters. The number of rotatable bonds is 4. The fourth-order valence-electron chi connectivity index (χ4n) is 3.15. The Morgan fingerprint density at radius 2 is 2.06 bits per heavy atom. The Labute approximate surface area is 115 Å². The molecule has 18 heavy (non-hydrogen) atoms. The van der Waals surface area contributed by atoms with E-state index in [2.05, 4.69) is 17.5 Å². The zero-order valence-corrected chi connectivity index (χ0v) is 12.4. The summed E-state index contributed by atoms with van der Waals surface area (Å²) < 4.78 is 1.94. The second-order valence-electron chi connectivity index (χ2n) is 5.47. The maximum absolute atomic E-state index is 6.34. The highest BCUT2D eigenvalue weighted by molar-refractivity contribution is 6.31. The molecule has 1 saturated carbocycles. The van der Waals surface area contributed by atoms with Gasteiger partial charge in [-0.25, -0.2) is 0 Å². The van der Waals surface area contributed by atoms with Gasteiger partial charge in [0, 0.05) is 19.5 Å². The van der Waals surface area contributed by atoms with Crippen molar-refractivity contribution in [3.8, 4) is 0 Å². The summed E-state index contributed by atoms with van der Waals surface area (Å²) in [5.74, 6) is 0.787. The van der Waals surface area contributed by atoms with Crippen molar-refractivity contribution >= 4 is 11.6 Å². The van der Waals surface area contributed by atoms with Gasteiger partial charge in [0.15, 0.2) is 0 Å². The van der Waals surface area contributed by atoms with E-state index in [-0.39, 0.29) is 0 Å². The van der Waals surface area contributed by atoms with Crippen molar-refractivity contribution in [3.05, 3.63) is 16.4 Å². The zero-order valence-electron chi connectivity index (χ0n) is 11.7. The van der Waals surface area contributed by atoms with Crippen molar-refractivity contribution in [3.63, 3.8) is 0 Å². The molecule has 102 valence electrons. The lowest BCUT2D eigenvalue weighted by Gasteiger charge is -2.30. The van der Waals surface area contributed by atoms with Crippen LogP contribution in [0.1, 0.15) is 43.5 Å². The Kier molecular flexibility index (Phi) is 4.68. The molecule has 0 saturated heterocycles. The summed E-state index contributed by atoms with van der Waals surface area (Å²) in [5.41, 5.74) is 2.10. The predicted octanol–water partition coefficient (Wildman–Crippen LogP) is 3.09. The minimum absolute atomic E-state index is 0.526. The Bertz CT molecular complexity index is 394. The van der Waals surface area contributed by atoms with Crippen LogP contribution < -0.4 is 5.32 Å². The van der Waals surface area contributed by atoms with Gasteiger partial charge in [0.1, 0.15) is 0 Å². The first-order valence-electron chi connectivity index (χ1n) is 6.98. The molecule has 1 fully saturated rings. The summed E-state index contributed by atoms with van der Waals surface area (Å²) in [5, 5.41) is 8.73. The molecule has 1 atom stereocenters. The molecule has 1 aromatic heterocycles. The highest BCUT2D eigenvalue weighted by Crippen LogP contribution is 2.29. The van der Waals surface area contributed by atoms with Crippen molar-refractivity contribution in [2.24, 2.45) is 13.0 Å². The number of nitrogens with one attached hydrogen (secondary N) is 1. The van der Waals surface area contributed by atoms with E-state index in [9.17, 15) is 0 Å². The molecule has 1 aliphatic carbocycles. The minimum atomic E-state index is 0.526. The largest absolute Gasteiger partial charge is 0.316 e. The van der Waals surface area contributed by atoms with Crippen molar-refractivity contribution in [2.75, 3.05) is 7.05 Å². The Hall–Kier alpha value is -0.540. The number of hydrogen-bond donors (Lipinski definition) is 1. The average Bonchev–Trinajstić information content (AvgIpc) is 2.62. The number of aromatic nitrogens is 2. The predicted molar refractivity (Wildman–Crippen MR) is 76.1 cm³/mol. The van der Waals surface area contributed by atoms with Crippen LogP contribution in [0, 0.1) is 12.8 Å². The van der Waals surface area contributed by atoms with Crippen LogP contribution >= 0.6 is 11.6 Å². The van der Waals surface area contributed by atoms with Crippen molar-refractivity contribution in [1.82, 2.24) is 15.1 Å². The third kappa shape index (κ3) is 2.89. The lowest BCUT2D eigenvalue weighted by atomic mass is 9.82. The summed E-state index contributed by atoms with van der Waals surface area (Å²) in [6.45, 7) is 1.97. The van der Waals surface area contributed by atoms with Crippen molar-refractivity contribution in [1.29, 1.82) is 0 Å². The summed E-state index contributed by atoms with van der Waals surface area (Å²) in [7, 11) is 4.05. The highest BCUT2D eigenvalue weighted by atomic mass is 35.5. The van der Waals surface area contributed by atoms with E-state index in [1.165, 1.54) is 37.8 Å². The van der Waals surface area contributed by atoms with Crippen LogP contribution in [-0.2, 0) is 13.5 Å². The first-order chi connectivity index (χ1) is 8.63. The van der Waals surface area contributed by atoms with Gasteiger partial charge in [-0.1, -0.05) is 30.9 Å². The Morgan fingerprint density at radius 3 is 2.56 bits per heavy atom. The van der Waals surface area contributed by atoms with Crippen LogP contribution in [0.15, 0.2) is 0 Å². The lowest BCUT2D eigenvalue weighted by molar-refractivity contribution is 0.274. The van der Waals surface area contributed by atoms with Gasteiger partial charge in [0.05, 0.1) is 16.4 Å². The van der Waals surface area contributed by atoms with Gasteiger partial charge in [-0.3, -0.25) is 4.68 Å². The second-order valence-corrected chi connectivity index (χ2v) is 5.85. The maximum Gasteiger partial charge on any atom is 0.0847 e. The molecular weight excluding hydrogens is 246 g/mol. The number of aryl methyl sites for hydroxylation is 2. The summed E-state index contributed by atoms with van der Waals surface area (Å²) in [4.78, 5) is 0. The van der Waals surface area contributed by atoms with E-state index in [4.69, 9.17) is 11.6 Å². The van der Waals surface area contributed by atoms with Gasteiger partial charge in [-0.2, -0.15) is 5.10 Å². The van der Waals surface area contributed by atoms with Crippen LogP contribution in [0.3, 0.4) is 0 Å². The number of likely N-dealkylation sites (N-methyl/N-ethyl adjacent to an activating group) is 1. The number of hydrogen-bond acceptors (Lipinski definition) is 2. The normalized spacial score (nSPS) is 19.1. The van der Waals surface area contributed by atoms with Gasteiger partial charge in [0.25, 0.3) is 0 Å². The monoisotopic (exact) mass is 269 g/mol. The van der Waals surface area contributed by atoms with Crippen LogP contribution in [0.4, 0.5) is 0 Å². The Morgan fingerprint density at radius 1 is 1.39 bits per heavy atom. The molecule has 0 amide bonds. The average molecular weight is 270 g/mol.